The first kappa shape index (κ1) is 14.3. The van der Waals surface area contributed by atoms with E-state index in [1.807, 2.05) is 28.9 Å². The smallest absolute Gasteiger partial charge is 0.0843 e. The summed E-state index contributed by atoms with van der Waals surface area (Å²) in [7, 11) is 0. The summed E-state index contributed by atoms with van der Waals surface area (Å²) < 4.78 is 1.97. The number of nitrogens with two attached hydrogens (primary N) is 1. The number of halogens is 1. The van der Waals surface area contributed by atoms with Crippen LogP contribution in [0.1, 0.15) is 11.3 Å². The maximum absolute atomic E-state index is 6.15. The van der Waals surface area contributed by atoms with Crippen LogP contribution >= 0.6 is 22.9 Å². The van der Waals surface area contributed by atoms with Crippen LogP contribution in [0.25, 0.3) is 16.3 Å². The maximum atomic E-state index is 6.15. The number of aromatic nitrogens is 2. The van der Waals surface area contributed by atoms with Crippen LogP contribution in [0.2, 0.25) is 5.02 Å². The lowest BCUT2D eigenvalue weighted by atomic mass is 10.2. The maximum Gasteiger partial charge on any atom is 0.0843 e. The van der Waals surface area contributed by atoms with Gasteiger partial charge in [0.2, 0.25) is 0 Å². The number of thiophene rings is 1. The molecule has 1 aromatic carbocycles. The number of nitrogens with zero attached hydrogens (tertiary/aromatic N) is 2. The minimum Gasteiger partial charge on any atom is -0.330 e. The van der Waals surface area contributed by atoms with Crippen LogP contribution in [0.4, 0.5) is 0 Å². The molecule has 3 aromatic rings. The van der Waals surface area contributed by atoms with Crippen LogP contribution in [0, 0.1) is 6.92 Å². The Morgan fingerprint density at radius 2 is 2.14 bits per heavy atom. The Hall–Kier alpha value is -1.62. The number of benzene rings is 1. The highest BCUT2D eigenvalue weighted by Crippen LogP contribution is 2.30. The van der Waals surface area contributed by atoms with Crippen molar-refractivity contribution in [2.45, 2.75) is 13.3 Å². The van der Waals surface area contributed by atoms with Crippen LogP contribution in [0.3, 0.4) is 0 Å². The summed E-state index contributed by atoms with van der Waals surface area (Å²) in [6.45, 7) is 2.66. The van der Waals surface area contributed by atoms with E-state index in [0.717, 1.165) is 29.1 Å². The molecule has 0 aliphatic heterocycles. The van der Waals surface area contributed by atoms with Crippen molar-refractivity contribution < 1.29 is 0 Å². The minimum absolute atomic E-state index is 0.593. The molecule has 0 bridgehead atoms. The summed E-state index contributed by atoms with van der Waals surface area (Å²) >= 11 is 7.85. The normalized spacial score (nSPS) is 11.0. The second-order valence-corrected chi connectivity index (χ2v) is 6.26. The number of hydrogen-bond acceptors (Lipinski definition) is 3. The van der Waals surface area contributed by atoms with Gasteiger partial charge in [0.25, 0.3) is 0 Å². The zero-order valence-electron chi connectivity index (χ0n) is 11.7. The Bertz CT molecular complexity index is 747. The SMILES string of the molecule is Cc1ccc(Cl)cc1-n1nc(CCN)cc1-c1cccs1. The van der Waals surface area contributed by atoms with Crippen LogP contribution < -0.4 is 5.73 Å². The molecule has 3 nitrogen and oxygen atoms in total. The second kappa shape index (κ2) is 6.02. The molecule has 0 fully saturated rings. The largest absolute Gasteiger partial charge is 0.330 e. The Balaban J connectivity index is 2.18. The number of rotatable bonds is 4. The highest BCUT2D eigenvalue weighted by molar-refractivity contribution is 7.13. The Morgan fingerprint density at radius 1 is 1.29 bits per heavy atom. The quantitative estimate of drug-likeness (QED) is 0.788. The van der Waals surface area contributed by atoms with Gasteiger partial charge in [-0.3, -0.25) is 0 Å². The lowest BCUT2D eigenvalue weighted by molar-refractivity contribution is 0.822. The van der Waals surface area contributed by atoms with E-state index in [4.69, 9.17) is 22.4 Å². The van der Waals surface area contributed by atoms with E-state index in [9.17, 15) is 0 Å². The van der Waals surface area contributed by atoms with Crippen molar-refractivity contribution >= 4 is 22.9 Å². The van der Waals surface area contributed by atoms with Crippen LogP contribution in [0.5, 0.6) is 0 Å². The van der Waals surface area contributed by atoms with Crippen molar-refractivity contribution in [3.63, 3.8) is 0 Å². The molecule has 0 saturated heterocycles. The van der Waals surface area contributed by atoms with Crippen molar-refractivity contribution in [1.82, 2.24) is 9.78 Å². The predicted octanol–water partition coefficient (Wildman–Crippen LogP) is 4.06. The fraction of sp³-hybridized carbons (Fsp3) is 0.188. The molecular formula is C16H16ClN3S. The fourth-order valence-corrected chi connectivity index (χ4v) is 3.19. The molecule has 0 unspecified atom stereocenters. The lowest BCUT2D eigenvalue weighted by Gasteiger charge is -2.10. The zero-order chi connectivity index (χ0) is 14.8. The number of aryl methyl sites for hydroxylation is 1. The molecule has 0 saturated carbocycles. The molecule has 0 aliphatic rings. The molecule has 0 atom stereocenters. The predicted molar refractivity (Wildman–Crippen MR) is 89.4 cm³/mol. The lowest BCUT2D eigenvalue weighted by Crippen LogP contribution is -2.05. The number of hydrogen-bond donors (Lipinski definition) is 1. The van der Waals surface area contributed by atoms with Gasteiger partial charge in [-0.1, -0.05) is 23.7 Å². The van der Waals surface area contributed by atoms with E-state index in [1.165, 1.54) is 4.88 Å². The summed E-state index contributed by atoms with van der Waals surface area (Å²) in [4.78, 5) is 1.19. The Morgan fingerprint density at radius 3 is 2.86 bits per heavy atom. The second-order valence-electron chi connectivity index (χ2n) is 4.88. The summed E-state index contributed by atoms with van der Waals surface area (Å²) in [5, 5.41) is 7.49. The summed E-state index contributed by atoms with van der Waals surface area (Å²) in [6.07, 6.45) is 0.769. The molecule has 3 rings (SSSR count). The summed E-state index contributed by atoms with van der Waals surface area (Å²) in [5.74, 6) is 0. The van der Waals surface area contributed by atoms with Crippen LogP contribution in [-0.2, 0) is 6.42 Å². The van der Waals surface area contributed by atoms with Gasteiger partial charge in [0.1, 0.15) is 0 Å². The monoisotopic (exact) mass is 317 g/mol. The molecule has 2 heterocycles. The molecule has 2 aromatic heterocycles. The van der Waals surface area contributed by atoms with Gasteiger partial charge in [0.05, 0.1) is 22.0 Å². The van der Waals surface area contributed by atoms with E-state index in [0.29, 0.717) is 11.6 Å². The average molecular weight is 318 g/mol. The summed E-state index contributed by atoms with van der Waals surface area (Å²) in [6, 6.07) is 12.1. The van der Waals surface area contributed by atoms with Crippen molar-refractivity contribution in [3.05, 3.63) is 58.1 Å². The van der Waals surface area contributed by atoms with Crippen LogP contribution in [0.15, 0.2) is 41.8 Å². The summed E-state index contributed by atoms with van der Waals surface area (Å²) in [5.41, 5.74) is 9.89. The molecular weight excluding hydrogens is 302 g/mol. The first-order valence-corrected chi connectivity index (χ1v) is 8.04. The van der Waals surface area contributed by atoms with Gasteiger partial charge in [0, 0.05) is 11.4 Å². The molecule has 21 heavy (non-hydrogen) atoms. The Kier molecular flexibility index (Phi) is 4.10. The third kappa shape index (κ3) is 2.88. The first-order valence-electron chi connectivity index (χ1n) is 6.78. The molecule has 108 valence electrons. The molecule has 0 aliphatic carbocycles. The van der Waals surface area contributed by atoms with E-state index in [2.05, 4.69) is 24.4 Å². The zero-order valence-corrected chi connectivity index (χ0v) is 13.3. The Labute approximate surface area is 133 Å². The average Bonchev–Trinajstić information content (AvgIpc) is 3.10. The van der Waals surface area contributed by atoms with Crippen molar-refractivity contribution in [2.24, 2.45) is 5.73 Å². The van der Waals surface area contributed by atoms with E-state index in [1.54, 1.807) is 11.3 Å². The van der Waals surface area contributed by atoms with Crippen molar-refractivity contribution in [3.8, 4) is 16.3 Å². The van der Waals surface area contributed by atoms with Gasteiger partial charge >= 0.3 is 0 Å². The molecule has 5 heteroatoms. The van der Waals surface area contributed by atoms with Gasteiger partial charge in [0.15, 0.2) is 0 Å². The van der Waals surface area contributed by atoms with E-state index in [-0.39, 0.29) is 0 Å². The highest BCUT2D eigenvalue weighted by atomic mass is 35.5. The van der Waals surface area contributed by atoms with Crippen molar-refractivity contribution in [2.75, 3.05) is 6.54 Å². The van der Waals surface area contributed by atoms with Crippen LogP contribution in [-0.4, -0.2) is 16.3 Å². The van der Waals surface area contributed by atoms with Crippen molar-refractivity contribution in [1.29, 1.82) is 0 Å². The van der Waals surface area contributed by atoms with Gasteiger partial charge in [-0.15, -0.1) is 11.3 Å². The molecule has 0 radical (unpaired) electrons. The fourth-order valence-electron chi connectivity index (χ4n) is 2.29. The van der Waals surface area contributed by atoms with E-state index >= 15 is 0 Å². The third-order valence-electron chi connectivity index (χ3n) is 3.33. The van der Waals surface area contributed by atoms with Gasteiger partial charge in [-0.05, 0) is 48.7 Å². The molecule has 2 N–H and O–H groups in total. The first-order chi connectivity index (χ1) is 10.2. The topological polar surface area (TPSA) is 43.8 Å². The molecule has 0 amide bonds. The van der Waals surface area contributed by atoms with Gasteiger partial charge < -0.3 is 5.73 Å². The standard InChI is InChI=1S/C16H16ClN3S/c1-11-4-5-12(17)9-14(11)20-15(16-3-2-8-21-16)10-13(19-20)6-7-18/h2-5,8-10H,6-7,18H2,1H3. The van der Waals surface area contributed by atoms with Gasteiger partial charge in [-0.25, -0.2) is 4.68 Å². The third-order valence-corrected chi connectivity index (χ3v) is 4.46. The van der Waals surface area contributed by atoms with Gasteiger partial charge in [-0.2, -0.15) is 5.10 Å². The van der Waals surface area contributed by atoms with E-state index < -0.39 is 0 Å². The molecule has 0 spiro atoms. The minimum atomic E-state index is 0.593. The highest BCUT2D eigenvalue weighted by Gasteiger charge is 2.14.